The SMILES string of the molecule is CCCOc1c(CC(=O)N2CC3C(C2)C(c2ccccc2)(c2ccccc2)CCS3=O)cccc1N(C)C. The van der Waals surface area contributed by atoms with Crippen LogP contribution in [0.2, 0.25) is 0 Å². The lowest BCUT2D eigenvalue weighted by molar-refractivity contribution is -0.129. The van der Waals surface area contributed by atoms with Crippen LogP contribution in [0.5, 0.6) is 5.75 Å². The average molecular weight is 531 g/mol. The molecule has 38 heavy (non-hydrogen) atoms. The maximum absolute atomic E-state index is 13.8. The molecular formula is C32H38N2O3S. The Labute approximate surface area is 229 Å². The molecule has 2 fully saturated rings. The molecule has 5 nitrogen and oxygen atoms in total. The van der Waals surface area contributed by atoms with Gasteiger partial charge in [-0.05, 0) is 30.0 Å². The average Bonchev–Trinajstić information content (AvgIpc) is 3.41. The normalized spacial score (nSPS) is 22.1. The number of para-hydroxylation sites is 1. The summed E-state index contributed by atoms with van der Waals surface area (Å²) >= 11 is 0. The van der Waals surface area contributed by atoms with E-state index in [1.165, 1.54) is 11.1 Å². The Morgan fingerprint density at radius 2 is 1.63 bits per heavy atom. The summed E-state index contributed by atoms with van der Waals surface area (Å²) < 4.78 is 19.5. The van der Waals surface area contributed by atoms with Gasteiger partial charge in [0.2, 0.25) is 5.91 Å². The molecule has 0 aromatic heterocycles. The largest absolute Gasteiger partial charge is 0.491 e. The van der Waals surface area contributed by atoms with Crippen LogP contribution in [-0.2, 0) is 27.4 Å². The number of fused-ring (bicyclic) bond motifs is 1. The van der Waals surface area contributed by atoms with Crippen LogP contribution in [0.4, 0.5) is 5.69 Å². The molecule has 5 rings (SSSR count). The summed E-state index contributed by atoms with van der Waals surface area (Å²) in [5.74, 6) is 1.60. The van der Waals surface area contributed by atoms with Crippen LogP contribution in [0.15, 0.2) is 78.9 Å². The summed E-state index contributed by atoms with van der Waals surface area (Å²) in [6.07, 6.45) is 1.99. The third kappa shape index (κ3) is 4.86. The zero-order valence-corrected chi connectivity index (χ0v) is 23.5. The maximum atomic E-state index is 13.8. The van der Waals surface area contributed by atoms with Crippen molar-refractivity contribution in [1.29, 1.82) is 0 Å². The number of carbonyl (C=O) groups excluding carboxylic acids is 1. The fraction of sp³-hybridized carbons (Fsp3) is 0.406. The van der Waals surface area contributed by atoms with Crippen molar-refractivity contribution < 1.29 is 13.7 Å². The van der Waals surface area contributed by atoms with E-state index in [1.54, 1.807) is 0 Å². The van der Waals surface area contributed by atoms with E-state index in [4.69, 9.17) is 4.74 Å². The van der Waals surface area contributed by atoms with E-state index < -0.39 is 10.8 Å². The molecule has 3 unspecified atom stereocenters. The summed E-state index contributed by atoms with van der Waals surface area (Å²) in [6.45, 7) is 3.84. The van der Waals surface area contributed by atoms with E-state index in [0.29, 0.717) is 25.4 Å². The lowest BCUT2D eigenvalue weighted by Crippen LogP contribution is -2.49. The summed E-state index contributed by atoms with van der Waals surface area (Å²) in [7, 11) is 3.02. The first-order chi connectivity index (χ1) is 18.5. The molecule has 2 heterocycles. The zero-order chi connectivity index (χ0) is 26.7. The highest BCUT2D eigenvalue weighted by Gasteiger charge is 2.55. The first kappa shape index (κ1) is 26.5. The summed E-state index contributed by atoms with van der Waals surface area (Å²) in [5.41, 5.74) is 4.12. The molecule has 0 bridgehead atoms. The Hall–Kier alpha value is -3.12. The van der Waals surface area contributed by atoms with Crippen LogP contribution in [0.25, 0.3) is 0 Å². The lowest BCUT2D eigenvalue weighted by atomic mass is 9.63. The molecule has 0 spiro atoms. The van der Waals surface area contributed by atoms with Gasteiger partial charge in [0.15, 0.2) is 0 Å². The number of anilines is 1. The topological polar surface area (TPSA) is 49.9 Å². The molecule has 3 aromatic carbocycles. The Balaban J connectivity index is 1.47. The minimum absolute atomic E-state index is 0.0444. The molecule has 3 atom stereocenters. The van der Waals surface area contributed by atoms with Gasteiger partial charge in [0.25, 0.3) is 0 Å². The van der Waals surface area contributed by atoms with Crippen molar-refractivity contribution in [2.24, 2.45) is 5.92 Å². The van der Waals surface area contributed by atoms with Crippen molar-refractivity contribution >= 4 is 22.4 Å². The number of carbonyl (C=O) groups is 1. The molecule has 0 saturated carbocycles. The highest BCUT2D eigenvalue weighted by atomic mass is 32.2. The number of amides is 1. The fourth-order valence-corrected chi connectivity index (χ4v) is 8.24. The third-order valence-corrected chi connectivity index (χ3v) is 9.97. The smallest absolute Gasteiger partial charge is 0.227 e. The van der Waals surface area contributed by atoms with Crippen LogP contribution in [-0.4, -0.2) is 59.8 Å². The van der Waals surface area contributed by atoms with Crippen LogP contribution < -0.4 is 9.64 Å². The van der Waals surface area contributed by atoms with Gasteiger partial charge in [-0.2, -0.15) is 0 Å². The van der Waals surface area contributed by atoms with E-state index in [-0.39, 0.29) is 28.9 Å². The Morgan fingerprint density at radius 3 is 2.24 bits per heavy atom. The van der Waals surface area contributed by atoms with Gasteiger partial charge < -0.3 is 14.5 Å². The van der Waals surface area contributed by atoms with Crippen LogP contribution in [0.1, 0.15) is 36.5 Å². The minimum atomic E-state index is -0.967. The number of likely N-dealkylation sites (tertiary alicyclic amines) is 1. The van der Waals surface area contributed by atoms with Crippen LogP contribution in [0, 0.1) is 5.92 Å². The first-order valence-electron chi connectivity index (χ1n) is 13.6. The lowest BCUT2D eigenvalue weighted by Gasteiger charge is -2.45. The van der Waals surface area contributed by atoms with Gasteiger partial charge in [0, 0.05) is 60.6 Å². The first-order valence-corrected chi connectivity index (χ1v) is 15.0. The standard InChI is InChI=1S/C32H38N2O3S/c1-4-19-37-31-24(12-11-17-28(31)33(2)3)21-30(35)34-22-27-29(23-34)38(36)20-18-32(27,25-13-7-5-8-14-25)26-15-9-6-10-16-26/h5-17,27,29H,4,18-23H2,1-3H3. The van der Waals surface area contributed by atoms with Gasteiger partial charge >= 0.3 is 0 Å². The monoisotopic (exact) mass is 530 g/mol. The number of hydrogen-bond donors (Lipinski definition) is 0. The predicted octanol–water partition coefficient (Wildman–Crippen LogP) is 5.05. The summed E-state index contributed by atoms with van der Waals surface area (Å²) in [4.78, 5) is 17.8. The van der Waals surface area contributed by atoms with Crippen LogP contribution >= 0.6 is 0 Å². The summed E-state index contributed by atoms with van der Waals surface area (Å²) in [5, 5.41) is -0.0444. The Bertz CT molecular complexity index is 1240. The maximum Gasteiger partial charge on any atom is 0.227 e. The Morgan fingerprint density at radius 1 is 0.974 bits per heavy atom. The van der Waals surface area contributed by atoms with E-state index in [2.05, 4.69) is 55.5 Å². The van der Waals surface area contributed by atoms with Crippen LogP contribution in [0.3, 0.4) is 0 Å². The molecule has 6 heteroatoms. The van der Waals surface area contributed by atoms with Crippen molar-refractivity contribution in [1.82, 2.24) is 4.90 Å². The third-order valence-electron chi connectivity index (χ3n) is 8.21. The van der Waals surface area contributed by atoms with E-state index >= 15 is 0 Å². The minimum Gasteiger partial charge on any atom is -0.491 e. The molecule has 0 aliphatic carbocycles. The number of hydrogen-bond acceptors (Lipinski definition) is 4. The molecule has 0 N–H and O–H groups in total. The molecule has 3 aromatic rings. The summed E-state index contributed by atoms with van der Waals surface area (Å²) in [6, 6.07) is 27.3. The second-order valence-electron chi connectivity index (χ2n) is 10.7. The van der Waals surface area contributed by atoms with E-state index in [1.807, 2.05) is 54.2 Å². The Kier molecular flexibility index (Phi) is 7.89. The second kappa shape index (κ2) is 11.3. The zero-order valence-electron chi connectivity index (χ0n) is 22.6. The van der Waals surface area contributed by atoms with Crippen molar-refractivity contribution in [2.75, 3.05) is 44.4 Å². The number of nitrogens with zero attached hydrogens (tertiary/aromatic N) is 2. The number of rotatable bonds is 8. The van der Waals surface area contributed by atoms with Crippen molar-refractivity contribution in [3.8, 4) is 5.75 Å². The van der Waals surface area contributed by atoms with Crippen molar-refractivity contribution in [3.05, 3.63) is 95.6 Å². The van der Waals surface area contributed by atoms with E-state index in [9.17, 15) is 9.00 Å². The highest BCUT2D eigenvalue weighted by Crippen LogP contribution is 2.50. The number of ether oxygens (including phenoxy) is 1. The van der Waals surface area contributed by atoms with E-state index in [0.717, 1.165) is 29.8 Å². The van der Waals surface area contributed by atoms with Gasteiger partial charge in [-0.15, -0.1) is 0 Å². The quantitative estimate of drug-likeness (QED) is 0.409. The van der Waals surface area contributed by atoms with Gasteiger partial charge in [0.05, 0.1) is 24.0 Å². The molecule has 2 aliphatic heterocycles. The fourth-order valence-electron chi connectivity index (χ4n) is 6.38. The molecule has 2 saturated heterocycles. The molecular weight excluding hydrogens is 492 g/mol. The van der Waals surface area contributed by atoms with Gasteiger partial charge in [-0.3, -0.25) is 9.00 Å². The van der Waals surface area contributed by atoms with Gasteiger partial charge in [-0.1, -0.05) is 79.7 Å². The highest BCUT2D eigenvalue weighted by molar-refractivity contribution is 7.85. The molecule has 1 amide bonds. The van der Waals surface area contributed by atoms with Gasteiger partial charge in [0.1, 0.15) is 5.75 Å². The molecule has 2 aliphatic rings. The second-order valence-corrected chi connectivity index (χ2v) is 12.4. The van der Waals surface area contributed by atoms with Crippen molar-refractivity contribution in [2.45, 2.75) is 36.9 Å². The molecule has 200 valence electrons. The number of benzene rings is 3. The molecule has 0 radical (unpaired) electrons. The predicted molar refractivity (Wildman–Crippen MR) is 155 cm³/mol. The van der Waals surface area contributed by atoms with Gasteiger partial charge in [-0.25, -0.2) is 0 Å². The van der Waals surface area contributed by atoms with Crippen molar-refractivity contribution in [3.63, 3.8) is 0 Å².